The Morgan fingerprint density at radius 1 is 0.887 bits per heavy atom. The number of fused-ring (bicyclic) bond motifs is 7. The molecule has 6 rings (SSSR count). The molecule has 5 aliphatic carbocycles. The molecule has 0 aromatic carbocycles. The number of β-amino-alcohol motifs (C(OH)–C–C–N with tert-alkyl or cyclic N) is 1. The Balaban J connectivity index is 1.22. The van der Waals surface area contributed by atoms with Crippen molar-refractivity contribution in [2.45, 2.75) is 145 Å². The van der Waals surface area contributed by atoms with Gasteiger partial charge in [-0.15, -0.1) is 0 Å². The van der Waals surface area contributed by atoms with Crippen LogP contribution < -0.4 is 0 Å². The maximum Gasteiger partial charge on any atom is 0.306 e. The maximum atomic E-state index is 14.1. The van der Waals surface area contributed by atoms with E-state index < -0.39 is 11.4 Å². The molecular weight excluding hydrogens is 668 g/mol. The number of aliphatic hydroxyl groups excluding tert-OH is 1. The van der Waals surface area contributed by atoms with Crippen molar-refractivity contribution >= 4 is 23.8 Å². The zero-order chi connectivity index (χ0) is 38.9. The summed E-state index contributed by atoms with van der Waals surface area (Å²) in [6.45, 7) is 24.2. The van der Waals surface area contributed by atoms with E-state index in [9.17, 15) is 29.4 Å². The lowest BCUT2D eigenvalue weighted by molar-refractivity contribution is -0.250. The molecule has 0 unspecified atom stereocenters. The van der Waals surface area contributed by atoms with Crippen molar-refractivity contribution in [3.05, 3.63) is 12.2 Å². The Morgan fingerprint density at radius 3 is 2.25 bits per heavy atom. The fourth-order valence-corrected chi connectivity index (χ4v) is 14.5. The third-order valence-electron chi connectivity index (χ3n) is 17.2. The van der Waals surface area contributed by atoms with Gasteiger partial charge in [-0.05, 0) is 128 Å². The zero-order valence-corrected chi connectivity index (χ0v) is 34.2. The van der Waals surface area contributed by atoms with E-state index in [0.717, 1.165) is 51.4 Å². The van der Waals surface area contributed by atoms with Crippen molar-refractivity contribution in [1.29, 1.82) is 0 Å². The number of aliphatic hydroxyl groups is 1. The highest BCUT2D eigenvalue weighted by Crippen LogP contribution is 2.78. The summed E-state index contributed by atoms with van der Waals surface area (Å²) in [5, 5.41) is 18.7. The molecule has 1 aliphatic heterocycles. The average Bonchev–Trinajstić information content (AvgIpc) is 3.42. The summed E-state index contributed by atoms with van der Waals surface area (Å²) in [5.74, 6) is 1.18. The van der Waals surface area contributed by atoms with E-state index in [2.05, 4.69) is 48.1 Å². The van der Waals surface area contributed by atoms with E-state index in [4.69, 9.17) is 4.74 Å². The summed E-state index contributed by atoms with van der Waals surface area (Å²) in [6.07, 6.45) is 11.1. The van der Waals surface area contributed by atoms with E-state index in [1.165, 1.54) is 18.4 Å². The Morgan fingerprint density at radius 2 is 1.60 bits per heavy atom. The van der Waals surface area contributed by atoms with Gasteiger partial charge in [0.25, 0.3) is 0 Å². The summed E-state index contributed by atoms with van der Waals surface area (Å²) < 4.78 is 6.27. The van der Waals surface area contributed by atoms with E-state index >= 15 is 0 Å². The van der Waals surface area contributed by atoms with E-state index in [1.54, 1.807) is 9.80 Å². The number of carbonyl (C=O) groups excluding carboxylic acids is 3. The number of nitrogens with zero attached hydrogens (tertiary/aromatic N) is 2. The molecule has 0 aromatic rings. The van der Waals surface area contributed by atoms with Crippen molar-refractivity contribution in [2.24, 2.45) is 62.1 Å². The predicted molar refractivity (Wildman–Crippen MR) is 204 cm³/mol. The zero-order valence-electron chi connectivity index (χ0n) is 34.2. The molecule has 6 fully saturated rings. The van der Waals surface area contributed by atoms with Crippen molar-refractivity contribution in [1.82, 2.24) is 9.80 Å². The van der Waals surface area contributed by atoms with Crippen LogP contribution in [0.15, 0.2) is 12.2 Å². The second kappa shape index (κ2) is 14.0. The molecule has 9 nitrogen and oxygen atoms in total. The van der Waals surface area contributed by atoms with Crippen molar-refractivity contribution in [2.75, 3.05) is 32.8 Å². The first-order chi connectivity index (χ1) is 24.6. The number of aliphatic carboxylic acids is 1. The highest BCUT2D eigenvalue weighted by atomic mass is 16.5. The summed E-state index contributed by atoms with van der Waals surface area (Å²) in [4.78, 5) is 55.1. The molecule has 6 aliphatic rings. The Labute approximate surface area is 319 Å². The minimum atomic E-state index is -0.896. The molecule has 0 aromatic heterocycles. The SMILES string of the molecule is C=C(C)[C@@H]1CC[C@]2(CC(=O)N3CCN(CCO)C(=O)C3)CC[C@]3(C)[C@H](CC[C@@H]4[C@@]5(C)CC[C@H](OC(=O)CC(C)(C)CC(=O)O)C(C)(C)[C@@H]5CC[C@]43C)[C@@H]12. The summed E-state index contributed by atoms with van der Waals surface area (Å²) in [6, 6.07) is 0. The number of carboxylic acid groups (broad SMARTS) is 1. The molecule has 0 radical (unpaired) electrons. The fourth-order valence-electron chi connectivity index (χ4n) is 14.5. The highest BCUT2D eigenvalue weighted by molar-refractivity contribution is 5.86. The van der Waals surface area contributed by atoms with Crippen LogP contribution in [0.1, 0.15) is 139 Å². The smallest absolute Gasteiger partial charge is 0.306 e. The fraction of sp³-hybridized carbons (Fsp3) is 0.864. The van der Waals surface area contributed by atoms with E-state index in [1.807, 2.05) is 13.8 Å². The largest absolute Gasteiger partial charge is 0.481 e. The molecule has 0 bridgehead atoms. The van der Waals surface area contributed by atoms with Gasteiger partial charge < -0.3 is 24.7 Å². The number of esters is 1. The highest BCUT2D eigenvalue weighted by Gasteiger charge is 2.71. The normalized spacial score (nSPS) is 40.7. The molecule has 2 N–H and O–H groups in total. The molecule has 2 amide bonds. The Hall–Kier alpha value is -2.42. The molecule has 0 spiro atoms. The minimum absolute atomic E-state index is 0.0591. The number of piperazine rings is 1. The summed E-state index contributed by atoms with van der Waals surface area (Å²) >= 11 is 0. The second-order valence-electron chi connectivity index (χ2n) is 20.9. The van der Waals surface area contributed by atoms with Crippen LogP contribution in [-0.2, 0) is 23.9 Å². The first-order valence-corrected chi connectivity index (χ1v) is 20.9. The third kappa shape index (κ3) is 6.68. The lowest BCUT2D eigenvalue weighted by Crippen LogP contribution is -2.67. The monoisotopic (exact) mass is 739 g/mol. The molecule has 1 heterocycles. The molecule has 53 heavy (non-hydrogen) atoms. The number of carbonyl (C=O) groups is 4. The quantitative estimate of drug-likeness (QED) is 0.176. The molecule has 1 saturated heterocycles. The van der Waals surface area contributed by atoms with Gasteiger partial charge in [-0.2, -0.15) is 0 Å². The Bertz CT molecular complexity index is 1490. The van der Waals surface area contributed by atoms with Crippen LogP contribution in [0.3, 0.4) is 0 Å². The lowest BCUT2D eigenvalue weighted by Gasteiger charge is -2.73. The predicted octanol–water partition coefficient (Wildman–Crippen LogP) is 7.50. The molecule has 298 valence electrons. The van der Waals surface area contributed by atoms with Gasteiger partial charge in [-0.1, -0.05) is 60.6 Å². The van der Waals surface area contributed by atoms with Crippen LogP contribution in [0.25, 0.3) is 0 Å². The number of carboxylic acids is 1. The molecular formula is C44H70N2O7. The van der Waals surface area contributed by atoms with Gasteiger partial charge in [0.15, 0.2) is 0 Å². The molecule has 9 heteroatoms. The number of ether oxygens (including phenoxy) is 1. The van der Waals surface area contributed by atoms with Gasteiger partial charge >= 0.3 is 11.9 Å². The lowest BCUT2D eigenvalue weighted by atomic mass is 9.32. The number of amides is 2. The first-order valence-electron chi connectivity index (χ1n) is 20.9. The van der Waals surface area contributed by atoms with E-state index in [-0.39, 0.29) is 77.0 Å². The number of hydrogen-bond donors (Lipinski definition) is 2. The van der Waals surface area contributed by atoms with Crippen molar-refractivity contribution in [3.8, 4) is 0 Å². The number of rotatable bonds is 10. The van der Waals surface area contributed by atoms with Crippen molar-refractivity contribution in [3.63, 3.8) is 0 Å². The van der Waals surface area contributed by atoms with Crippen LogP contribution in [0, 0.1) is 62.1 Å². The average molecular weight is 739 g/mol. The topological polar surface area (TPSA) is 124 Å². The molecule has 5 saturated carbocycles. The van der Waals surface area contributed by atoms with E-state index in [0.29, 0.717) is 55.6 Å². The maximum absolute atomic E-state index is 14.1. The van der Waals surface area contributed by atoms with Gasteiger partial charge in [0.2, 0.25) is 11.8 Å². The minimum Gasteiger partial charge on any atom is -0.481 e. The van der Waals surface area contributed by atoms with Gasteiger partial charge in [-0.25, -0.2) is 0 Å². The summed E-state index contributed by atoms with van der Waals surface area (Å²) in [5.41, 5.74) is 0.744. The van der Waals surface area contributed by atoms with Crippen LogP contribution in [0.5, 0.6) is 0 Å². The number of allylic oxidation sites excluding steroid dienone is 1. The summed E-state index contributed by atoms with van der Waals surface area (Å²) in [7, 11) is 0. The van der Waals surface area contributed by atoms with Gasteiger partial charge in [0.1, 0.15) is 6.10 Å². The van der Waals surface area contributed by atoms with Gasteiger partial charge in [0.05, 0.1) is 26.0 Å². The third-order valence-corrected chi connectivity index (χ3v) is 17.2. The first kappa shape index (κ1) is 40.2. The molecule has 10 atom stereocenters. The number of hydrogen-bond acceptors (Lipinski definition) is 6. The van der Waals surface area contributed by atoms with Crippen molar-refractivity contribution < 1.29 is 34.1 Å². The van der Waals surface area contributed by atoms with Gasteiger partial charge in [-0.3, -0.25) is 19.2 Å². The van der Waals surface area contributed by atoms with Crippen LogP contribution in [0.4, 0.5) is 0 Å². The van der Waals surface area contributed by atoms with Crippen LogP contribution in [-0.4, -0.2) is 82.7 Å². The Kier molecular flexibility index (Phi) is 10.6. The second-order valence-corrected chi connectivity index (χ2v) is 20.9. The van der Waals surface area contributed by atoms with Gasteiger partial charge in [0, 0.05) is 31.5 Å². The van der Waals surface area contributed by atoms with Crippen LogP contribution >= 0.6 is 0 Å². The van der Waals surface area contributed by atoms with Crippen LogP contribution in [0.2, 0.25) is 0 Å². The standard InChI is InChI=1S/C44H70N2O7/c1-28(2)29-12-17-44(24-34(48)46-21-20-45(22-23-47)35(49)27-46)19-18-42(8)30(38(29)44)10-11-32-41(7)15-14-33(40(5,6)31(41)13-16-43(32,42)9)53-37(52)26-39(3,4)25-36(50)51/h29-33,38,47H,1,10-27H2,2-9H3,(H,50,51)/t29-,30+,31-,32+,33-,38+,41-,42+,43+,44+/m0/s1.